The van der Waals surface area contributed by atoms with Gasteiger partial charge in [-0.15, -0.1) is 0 Å². The minimum Gasteiger partial charge on any atom is -0.504 e. The summed E-state index contributed by atoms with van der Waals surface area (Å²) < 4.78 is 5.40. The summed E-state index contributed by atoms with van der Waals surface area (Å²) in [7, 11) is 2.18. The molecule has 1 aliphatic heterocycles. The molecule has 0 aromatic heterocycles. The Labute approximate surface area is 127 Å². The Bertz CT molecular complexity index is 432. The van der Waals surface area contributed by atoms with E-state index in [1.807, 2.05) is 19.1 Å². The third kappa shape index (κ3) is 5.19. The van der Waals surface area contributed by atoms with E-state index in [1.165, 1.54) is 0 Å². The Kier molecular flexibility index (Phi) is 6.29. The standard InChI is InChI=1S/C16H27N3O2/c1-3-21-16-12-14(4-5-15(16)20)13-17-6-7-19-10-8-18(2)9-11-19/h4-5,12,17,20H,3,6-11,13H2,1-2H3. The summed E-state index contributed by atoms with van der Waals surface area (Å²) in [5.41, 5.74) is 1.13. The van der Waals surface area contributed by atoms with Crippen molar-refractivity contribution in [3.8, 4) is 11.5 Å². The van der Waals surface area contributed by atoms with Crippen LogP contribution in [-0.2, 0) is 6.54 Å². The van der Waals surface area contributed by atoms with Crippen LogP contribution < -0.4 is 10.1 Å². The SMILES string of the molecule is CCOc1cc(CNCCN2CCN(C)CC2)ccc1O. The summed E-state index contributed by atoms with van der Waals surface area (Å²) in [6, 6.07) is 5.53. The van der Waals surface area contributed by atoms with E-state index < -0.39 is 0 Å². The first kappa shape index (κ1) is 16.1. The van der Waals surface area contributed by atoms with Crippen molar-refractivity contribution >= 4 is 0 Å². The van der Waals surface area contributed by atoms with Crippen molar-refractivity contribution in [1.29, 1.82) is 0 Å². The third-order valence-corrected chi connectivity index (χ3v) is 3.85. The van der Waals surface area contributed by atoms with Gasteiger partial charge >= 0.3 is 0 Å². The smallest absolute Gasteiger partial charge is 0.161 e. The second kappa shape index (κ2) is 8.22. The van der Waals surface area contributed by atoms with Gasteiger partial charge in [-0.3, -0.25) is 4.90 Å². The highest BCUT2D eigenvalue weighted by atomic mass is 16.5. The number of ether oxygens (including phenoxy) is 1. The first-order valence-electron chi connectivity index (χ1n) is 7.75. The molecule has 0 spiro atoms. The van der Waals surface area contributed by atoms with Crippen LogP contribution >= 0.6 is 0 Å². The van der Waals surface area contributed by atoms with Gasteiger partial charge in [0.2, 0.25) is 0 Å². The molecule has 5 heteroatoms. The number of likely N-dealkylation sites (N-methyl/N-ethyl adjacent to an activating group) is 1. The second-order valence-electron chi connectivity index (χ2n) is 5.56. The van der Waals surface area contributed by atoms with Crippen LogP contribution in [0, 0.1) is 0 Å². The predicted octanol–water partition coefficient (Wildman–Crippen LogP) is 1.13. The van der Waals surface area contributed by atoms with Crippen molar-refractivity contribution in [2.24, 2.45) is 0 Å². The van der Waals surface area contributed by atoms with Crippen molar-refractivity contribution in [3.63, 3.8) is 0 Å². The number of nitrogens with one attached hydrogen (secondary N) is 1. The van der Waals surface area contributed by atoms with Crippen molar-refractivity contribution in [2.45, 2.75) is 13.5 Å². The molecular weight excluding hydrogens is 266 g/mol. The normalized spacial score (nSPS) is 17.0. The summed E-state index contributed by atoms with van der Waals surface area (Å²) >= 11 is 0. The molecular formula is C16H27N3O2. The van der Waals surface area contributed by atoms with Crippen molar-refractivity contribution in [2.75, 3.05) is 52.9 Å². The molecule has 1 heterocycles. The van der Waals surface area contributed by atoms with Gasteiger partial charge in [-0.1, -0.05) is 6.07 Å². The van der Waals surface area contributed by atoms with Crippen LogP contribution in [0.4, 0.5) is 0 Å². The topological polar surface area (TPSA) is 48.0 Å². The lowest BCUT2D eigenvalue weighted by atomic mass is 10.2. The summed E-state index contributed by atoms with van der Waals surface area (Å²) in [5, 5.41) is 13.1. The Morgan fingerprint density at radius 1 is 1.24 bits per heavy atom. The van der Waals surface area contributed by atoms with Crippen LogP contribution in [0.25, 0.3) is 0 Å². The van der Waals surface area contributed by atoms with Gasteiger partial charge < -0.3 is 20.1 Å². The van der Waals surface area contributed by atoms with E-state index in [2.05, 4.69) is 22.2 Å². The fraction of sp³-hybridized carbons (Fsp3) is 0.625. The maximum Gasteiger partial charge on any atom is 0.161 e. The van der Waals surface area contributed by atoms with E-state index in [4.69, 9.17) is 4.74 Å². The largest absolute Gasteiger partial charge is 0.504 e. The number of phenols is 1. The average molecular weight is 293 g/mol. The highest BCUT2D eigenvalue weighted by Gasteiger charge is 2.12. The Balaban J connectivity index is 1.70. The Morgan fingerprint density at radius 2 is 2.00 bits per heavy atom. The lowest BCUT2D eigenvalue weighted by Gasteiger charge is -2.32. The fourth-order valence-corrected chi connectivity index (χ4v) is 2.48. The Hall–Kier alpha value is -1.30. The molecule has 1 aromatic carbocycles. The summed E-state index contributed by atoms with van der Waals surface area (Å²) in [4.78, 5) is 4.87. The lowest BCUT2D eigenvalue weighted by Crippen LogP contribution is -2.46. The number of hydrogen-bond acceptors (Lipinski definition) is 5. The number of phenolic OH excluding ortho intramolecular Hbond substituents is 1. The molecule has 1 saturated heterocycles. The van der Waals surface area contributed by atoms with Gasteiger partial charge in [0.05, 0.1) is 6.61 Å². The van der Waals surface area contributed by atoms with Gasteiger partial charge in [-0.2, -0.15) is 0 Å². The molecule has 21 heavy (non-hydrogen) atoms. The molecule has 0 saturated carbocycles. The summed E-state index contributed by atoms with van der Waals surface area (Å²) in [6.07, 6.45) is 0. The third-order valence-electron chi connectivity index (χ3n) is 3.85. The molecule has 118 valence electrons. The number of aromatic hydroxyl groups is 1. The van der Waals surface area contributed by atoms with Crippen LogP contribution in [-0.4, -0.2) is 67.8 Å². The monoisotopic (exact) mass is 293 g/mol. The minimum atomic E-state index is 0.207. The number of rotatable bonds is 7. The molecule has 0 bridgehead atoms. The lowest BCUT2D eigenvalue weighted by molar-refractivity contribution is 0.154. The van der Waals surface area contributed by atoms with Crippen LogP contribution in [0.1, 0.15) is 12.5 Å². The quantitative estimate of drug-likeness (QED) is 0.738. The maximum absolute atomic E-state index is 9.67. The van der Waals surface area contributed by atoms with E-state index in [0.717, 1.165) is 51.4 Å². The zero-order valence-corrected chi connectivity index (χ0v) is 13.1. The van der Waals surface area contributed by atoms with Gasteiger partial charge in [0.25, 0.3) is 0 Å². The first-order chi connectivity index (χ1) is 10.2. The first-order valence-corrected chi connectivity index (χ1v) is 7.75. The van der Waals surface area contributed by atoms with Gasteiger partial charge in [-0.05, 0) is 31.7 Å². The number of nitrogens with zero attached hydrogens (tertiary/aromatic N) is 2. The van der Waals surface area contributed by atoms with Crippen LogP contribution in [0.3, 0.4) is 0 Å². The molecule has 0 aliphatic carbocycles. The molecule has 2 rings (SSSR count). The average Bonchev–Trinajstić information content (AvgIpc) is 2.49. The van der Waals surface area contributed by atoms with E-state index >= 15 is 0 Å². The van der Waals surface area contributed by atoms with Gasteiger partial charge in [0, 0.05) is 45.8 Å². The van der Waals surface area contributed by atoms with Gasteiger partial charge in [0.15, 0.2) is 11.5 Å². The van der Waals surface area contributed by atoms with Crippen LogP contribution in [0.15, 0.2) is 18.2 Å². The number of hydrogen-bond donors (Lipinski definition) is 2. The van der Waals surface area contributed by atoms with Crippen molar-refractivity contribution in [3.05, 3.63) is 23.8 Å². The molecule has 1 fully saturated rings. The highest BCUT2D eigenvalue weighted by molar-refractivity contribution is 5.41. The molecule has 0 unspecified atom stereocenters. The van der Waals surface area contributed by atoms with Gasteiger partial charge in [-0.25, -0.2) is 0 Å². The molecule has 5 nitrogen and oxygen atoms in total. The van der Waals surface area contributed by atoms with Crippen molar-refractivity contribution in [1.82, 2.24) is 15.1 Å². The number of piperazine rings is 1. The summed E-state index contributed by atoms with van der Waals surface area (Å²) in [5.74, 6) is 0.772. The van der Waals surface area contributed by atoms with Crippen LogP contribution in [0.2, 0.25) is 0 Å². The molecule has 0 atom stereocenters. The van der Waals surface area contributed by atoms with E-state index in [0.29, 0.717) is 12.4 Å². The van der Waals surface area contributed by atoms with E-state index in [1.54, 1.807) is 6.07 Å². The second-order valence-corrected chi connectivity index (χ2v) is 5.56. The zero-order chi connectivity index (χ0) is 15.1. The molecule has 0 amide bonds. The van der Waals surface area contributed by atoms with Gasteiger partial charge in [0.1, 0.15) is 0 Å². The van der Waals surface area contributed by atoms with Crippen molar-refractivity contribution < 1.29 is 9.84 Å². The van der Waals surface area contributed by atoms with E-state index in [-0.39, 0.29) is 5.75 Å². The molecule has 0 radical (unpaired) electrons. The molecule has 1 aliphatic rings. The minimum absolute atomic E-state index is 0.207. The number of benzene rings is 1. The maximum atomic E-state index is 9.67. The van der Waals surface area contributed by atoms with Crippen LogP contribution in [0.5, 0.6) is 11.5 Å². The summed E-state index contributed by atoms with van der Waals surface area (Å²) in [6.45, 7) is 9.99. The highest BCUT2D eigenvalue weighted by Crippen LogP contribution is 2.26. The van der Waals surface area contributed by atoms with E-state index in [9.17, 15) is 5.11 Å². The molecule has 2 N–H and O–H groups in total. The predicted molar refractivity (Wildman–Crippen MR) is 84.9 cm³/mol. The molecule has 1 aromatic rings. The Morgan fingerprint density at radius 3 is 2.71 bits per heavy atom. The zero-order valence-electron chi connectivity index (χ0n) is 13.1. The fourth-order valence-electron chi connectivity index (χ4n) is 2.48.